The summed E-state index contributed by atoms with van der Waals surface area (Å²) in [6.45, 7) is 4.26. The number of nitrogens with zero attached hydrogens (tertiary/aromatic N) is 2. The molecule has 6 heteroatoms. The van der Waals surface area contributed by atoms with Crippen molar-refractivity contribution in [3.63, 3.8) is 0 Å². The molecular formula is C21H28N2O4. The normalized spacial score (nSPS) is 16.8. The van der Waals surface area contributed by atoms with Crippen LogP contribution in [-0.2, 0) is 4.79 Å². The molecule has 0 atom stereocenters. The Kier molecular flexibility index (Phi) is 5.82. The summed E-state index contributed by atoms with van der Waals surface area (Å²) in [5.41, 5.74) is 1.38. The first-order valence-corrected chi connectivity index (χ1v) is 9.81. The Morgan fingerprint density at radius 3 is 2.56 bits per heavy atom. The third-order valence-corrected chi connectivity index (χ3v) is 5.58. The molecular weight excluding hydrogens is 344 g/mol. The van der Waals surface area contributed by atoms with E-state index in [1.807, 2.05) is 32.2 Å². The van der Waals surface area contributed by atoms with Crippen LogP contribution >= 0.6 is 0 Å². The van der Waals surface area contributed by atoms with Crippen LogP contribution in [0.3, 0.4) is 0 Å². The van der Waals surface area contributed by atoms with E-state index in [-0.39, 0.29) is 18.6 Å². The van der Waals surface area contributed by atoms with E-state index >= 15 is 0 Å². The van der Waals surface area contributed by atoms with Crippen LogP contribution in [0.2, 0.25) is 0 Å². The molecule has 0 radical (unpaired) electrons. The molecule has 1 aliphatic carbocycles. The molecule has 0 bridgehead atoms. The average molecular weight is 372 g/mol. The van der Waals surface area contributed by atoms with E-state index < -0.39 is 11.4 Å². The molecule has 2 aromatic rings. The summed E-state index contributed by atoms with van der Waals surface area (Å²) in [4.78, 5) is 29.3. The highest BCUT2D eigenvalue weighted by atomic mass is 16.5. The Hall–Kier alpha value is -2.37. The standard InChI is InChI=1S/C21H28N2O4/c1-3-27-17-9-8-12-23-19(15(2)22-20(17)23)16(24)13-21(14-18(25)26)10-6-4-5-7-11-21/h8-9,12H,3-7,10-11,13-14H2,1-2H3,(H,25,26). The van der Waals surface area contributed by atoms with Gasteiger partial charge in [0.05, 0.1) is 18.7 Å². The minimum Gasteiger partial charge on any atom is -0.490 e. The van der Waals surface area contributed by atoms with Crippen LogP contribution in [0.1, 0.15) is 74.5 Å². The van der Waals surface area contributed by atoms with E-state index in [4.69, 9.17) is 4.74 Å². The number of fused-ring (bicyclic) bond motifs is 1. The molecule has 0 saturated heterocycles. The number of ketones is 1. The second-order valence-corrected chi connectivity index (χ2v) is 7.63. The molecule has 1 aliphatic rings. The maximum atomic E-state index is 13.3. The van der Waals surface area contributed by atoms with Crippen molar-refractivity contribution in [3.8, 4) is 5.75 Å². The number of ether oxygens (including phenoxy) is 1. The lowest BCUT2D eigenvalue weighted by Gasteiger charge is -2.30. The second kappa shape index (κ2) is 8.11. The molecule has 0 unspecified atom stereocenters. The van der Waals surface area contributed by atoms with Crippen LogP contribution in [0.4, 0.5) is 0 Å². The van der Waals surface area contributed by atoms with Gasteiger partial charge < -0.3 is 9.84 Å². The summed E-state index contributed by atoms with van der Waals surface area (Å²) in [5, 5.41) is 9.44. The van der Waals surface area contributed by atoms with Crippen LogP contribution in [-0.4, -0.2) is 32.9 Å². The van der Waals surface area contributed by atoms with Gasteiger partial charge in [-0.2, -0.15) is 0 Å². The van der Waals surface area contributed by atoms with Crippen molar-refractivity contribution in [1.29, 1.82) is 0 Å². The zero-order valence-corrected chi connectivity index (χ0v) is 16.2. The highest BCUT2D eigenvalue weighted by molar-refractivity contribution is 5.97. The van der Waals surface area contributed by atoms with Gasteiger partial charge in [-0.05, 0) is 44.2 Å². The third kappa shape index (κ3) is 4.15. The molecule has 1 fully saturated rings. The molecule has 2 aromatic heterocycles. The van der Waals surface area contributed by atoms with Gasteiger partial charge in [-0.1, -0.05) is 25.7 Å². The maximum Gasteiger partial charge on any atom is 0.303 e. The summed E-state index contributed by atoms with van der Waals surface area (Å²) in [6.07, 6.45) is 7.93. The fraction of sp³-hybridized carbons (Fsp3) is 0.571. The van der Waals surface area contributed by atoms with Crippen molar-refractivity contribution in [2.45, 2.75) is 65.2 Å². The number of Topliss-reactive ketones (excluding diaryl/α,β-unsaturated/α-hetero) is 1. The van der Waals surface area contributed by atoms with Crippen molar-refractivity contribution in [1.82, 2.24) is 9.38 Å². The summed E-state index contributed by atoms with van der Waals surface area (Å²) >= 11 is 0. The number of carbonyl (C=O) groups is 2. The molecule has 0 spiro atoms. The Morgan fingerprint density at radius 2 is 1.93 bits per heavy atom. The van der Waals surface area contributed by atoms with E-state index in [0.717, 1.165) is 38.5 Å². The topological polar surface area (TPSA) is 80.9 Å². The molecule has 6 nitrogen and oxygen atoms in total. The quantitative estimate of drug-likeness (QED) is 0.574. The van der Waals surface area contributed by atoms with Crippen molar-refractivity contribution in [2.75, 3.05) is 6.61 Å². The molecule has 27 heavy (non-hydrogen) atoms. The number of aliphatic carboxylic acids is 1. The summed E-state index contributed by atoms with van der Waals surface area (Å²) in [5.74, 6) is -0.202. The summed E-state index contributed by atoms with van der Waals surface area (Å²) in [6, 6.07) is 3.69. The van der Waals surface area contributed by atoms with Gasteiger partial charge in [0.2, 0.25) is 0 Å². The zero-order valence-electron chi connectivity index (χ0n) is 16.2. The average Bonchev–Trinajstić information content (AvgIpc) is 2.78. The zero-order chi connectivity index (χ0) is 19.4. The molecule has 2 heterocycles. The fourth-order valence-electron chi connectivity index (χ4n) is 4.40. The summed E-state index contributed by atoms with van der Waals surface area (Å²) in [7, 11) is 0. The first-order valence-electron chi connectivity index (χ1n) is 9.81. The number of hydrogen-bond acceptors (Lipinski definition) is 4. The van der Waals surface area contributed by atoms with Crippen LogP contribution < -0.4 is 4.74 Å². The monoisotopic (exact) mass is 372 g/mol. The van der Waals surface area contributed by atoms with E-state index in [9.17, 15) is 14.7 Å². The molecule has 1 N–H and O–H groups in total. The van der Waals surface area contributed by atoms with Crippen LogP contribution in [0, 0.1) is 12.3 Å². The number of aromatic nitrogens is 2. The highest BCUT2D eigenvalue weighted by Crippen LogP contribution is 2.42. The number of pyridine rings is 1. The molecule has 0 aromatic carbocycles. The Morgan fingerprint density at radius 1 is 1.22 bits per heavy atom. The Balaban J connectivity index is 1.95. The predicted octanol–water partition coefficient (Wildman–Crippen LogP) is 4.43. The lowest BCUT2D eigenvalue weighted by Crippen LogP contribution is -2.28. The van der Waals surface area contributed by atoms with Crippen molar-refractivity contribution in [3.05, 3.63) is 29.7 Å². The Labute approximate surface area is 159 Å². The van der Waals surface area contributed by atoms with Crippen LogP contribution in [0.5, 0.6) is 5.75 Å². The highest BCUT2D eigenvalue weighted by Gasteiger charge is 2.37. The largest absolute Gasteiger partial charge is 0.490 e. The van der Waals surface area contributed by atoms with Gasteiger partial charge in [0.1, 0.15) is 5.69 Å². The SMILES string of the molecule is CCOc1cccn2c(C(=O)CC3(CC(=O)O)CCCCCC3)c(C)nc12. The minimum atomic E-state index is -0.821. The fourth-order valence-corrected chi connectivity index (χ4v) is 4.40. The van der Waals surface area contributed by atoms with Gasteiger partial charge in [0, 0.05) is 12.6 Å². The van der Waals surface area contributed by atoms with Crippen molar-refractivity contribution >= 4 is 17.4 Å². The van der Waals surface area contributed by atoms with Crippen LogP contribution in [0.25, 0.3) is 5.65 Å². The molecule has 0 amide bonds. The lowest BCUT2D eigenvalue weighted by atomic mass is 9.73. The van der Waals surface area contributed by atoms with Gasteiger partial charge in [0.15, 0.2) is 17.2 Å². The van der Waals surface area contributed by atoms with E-state index in [2.05, 4.69) is 4.98 Å². The number of carboxylic acids is 1. The maximum absolute atomic E-state index is 13.3. The lowest BCUT2D eigenvalue weighted by molar-refractivity contribution is -0.140. The number of imidazole rings is 1. The number of hydrogen-bond donors (Lipinski definition) is 1. The van der Waals surface area contributed by atoms with E-state index in [0.29, 0.717) is 29.4 Å². The van der Waals surface area contributed by atoms with Crippen molar-refractivity contribution in [2.24, 2.45) is 5.41 Å². The second-order valence-electron chi connectivity index (χ2n) is 7.63. The number of aryl methyl sites for hydroxylation is 1. The van der Waals surface area contributed by atoms with E-state index in [1.165, 1.54) is 0 Å². The van der Waals surface area contributed by atoms with Gasteiger partial charge in [-0.25, -0.2) is 4.98 Å². The molecule has 0 aliphatic heterocycles. The molecule has 3 rings (SSSR count). The number of carboxylic acid groups (broad SMARTS) is 1. The van der Waals surface area contributed by atoms with Crippen molar-refractivity contribution < 1.29 is 19.4 Å². The number of rotatable bonds is 7. The number of carbonyl (C=O) groups excluding carboxylic acids is 1. The third-order valence-electron chi connectivity index (χ3n) is 5.58. The van der Waals surface area contributed by atoms with Crippen LogP contribution in [0.15, 0.2) is 18.3 Å². The Bertz CT molecular complexity index is 832. The molecule has 1 saturated carbocycles. The van der Waals surface area contributed by atoms with E-state index in [1.54, 1.807) is 4.40 Å². The van der Waals surface area contributed by atoms with Gasteiger partial charge in [-0.3, -0.25) is 14.0 Å². The molecule has 146 valence electrons. The smallest absolute Gasteiger partial charge is 0.303 e. The first kappa shape index (κ1) is 19.4. The summed E-state index contributed by atoms with van der Waals surface area (Å²) < 4.78 is 7.42. The minimum absolute atomic E-state index is 0.0307. The van der Waals surface area contributed by atoms with Gasteiger partial charge in [-0.15, -0.1) is 0 Å². The van der Waals surface area contributed by atoms with Gasteiger partial charge >= 0.3 is 5.97 Å². The predicted molar refractivity (Wildman–Crippen MR) is 102 cm³/mol. The van der Waals surface area contributed by atoms with Gasteiger partial charge in [0.25, 0.3) is 0 Å². The first-order chi connectivity index (χ1) is 13.0.